The summed E-state index contributed by atoms with van der Waals surface area (Å²) in [5, 5.41) is 7.56. The molecule has 2 N–H and O–H groups in total. The van der Waals surface area contributed by atoms with Crippen LogP contribution in [0.5, 0.6) is 0 Å². The zero-order valence-corrected chi connectivity index (χ0v) is 21.3. The van der Waals surface area contributed by atoms with E-state index in [-0.39, 0.29) is 17.7 Å². The van der Waals surface area contributed by atoms with Gasteiger partial charge in [0.15, 0.2) is 10.9 Å². The Labute approximate surface area is 214 Å². The van der Waals surface area contributed by atoms with Gasteiger partial charge in [-0.1, -0.05) is 24.0 Å². The highest BCUT2D eigenvalue weighted by Crippen LogP contribution is 2.31. The molecule has 1 amide bonds. The first-order chi connectivity index (χ1) is 17.0. The van der Waals surface area contributed by atoms with Gasteiger partial charge in [0.05, 0.1) is 16.1 Å². The minimum Gasteiger partial charge on any atom is -0.381 e. The van der Waals surface area contributed by atoms with Crippen LogP contribution in [-0.2, 0) is 10.5 Å². The molecule has 35 heavy (non-hydrogen) atoms. The second kappa shape index (κ2) is 12.0. The molecule has 2 aromatic heterocycles. The smallest absolute Gasteiger partial charge is 0.253 e. The molecule has 0 radical (unpaired) electrons. The third-order valence-corrected chi connectivity index (χ3v) is 7.90. The first kappa shape index (κ1) is 24.9. The van der Waals surface area contributed by atoms with Crippen molar-refractivity contribution in [2.45, 2.75) is 35.8 Å². The summed E-state index contributed by atoms with van der Waals surface area (Å²) in [6, 6.07) is 13.5. The van der Waals surface area contributed by atoms with Crippen LogP contribution in [0.3, 0.4) is 0 Å². The molecule has 1 saturated heterocycles. The number of amides is 1. The number of nitrogens with one attached hydrogen (secondary N) is 2. The molecule has 3 aromatic rings. The summed E-state index contributed by atoms with van der Waals surface area (Å²) in [7, 11) is 0. The maximum absolute atomic E-state index is 13.1. The number of ketones is 1. The van der Waals surface area contributed by atoms with E-state index in [1.807, 2.05) is 59.8 Å². The van der Waals surface area contributed by atoms with Gasteiger partial charge < -0.3 is 15.5 Å². The number of carbonyl (C=O) groups is 2. The molecule has 182 valence electrons. The van der Waals surface area contributed by atoms with Crippen LogP contribution >= 0.6 is 23.1 Å². The number of carbonyl (C=O) groups excluding carboxylic acids is 2. The lowest BCUT2D eigenvalue weighted by Gasteiger charge is -2.33. The number of hydrogen-bond acceptors (Lipinski definition) is 8. The van der Waals surface area contributed by atoms with E-state index in [0.29, 0.717) is 24.2 Å². The summed E-state index contributed by atoms with van der Waals surface area (Å²) >= 11 is 3.37. The molecular formula is C26H29N5O2S2. The number of benzene rings is 1. The predicted molar refractivity (Wildman–Crippen MR) is 143 cm³/mol. The van der Waals surface area contributed by atoms with Gasteiger partial charge in [0.25, 0.3) is 5.91 Å². The summed E-state index contributed by atoms with van der Waals surface area (Å²) in [6.45, 7) is 7.04. The zero-order valence-electron chi connectivity index (χ0n) is 19.7. The second-order valence-electron chi connectivity index (χ2n) is 8.42. The summed E-state index contributed by atoms with van der Waals surface area (Å²) in [5.74, 6) is 0.810. The molecular weight excluding hydrogens is 478 g/mol. The minimum absolute atomic E-state index is 0.0296. The van der Waals surface area contributed by atoms with E-state index in [2.05, 4.69) is 27.2 Å². The molecule has 1 aromatic carbocycles. The number of hydrogen-bond donors (Lipinski definition) is 2. The Morgan fingerprint density at radius 2 is 2.03 bits per heavy atom. The van der Waals surface area contributed by atoms with E-state index in [1.54, 1.807) is 23.1 Å². The number of Topliss-reactive ketones (excluding diaryl/α,β-unsaturated/α-hetero) is 1. The molecule has 0 spiro atoms. The Balaban J connectivity index is 1.28. The lowest BCUT2D eigenvalue weighted by atomic mass is 10.0. The molecule has 1 atom stereocenters. The van der Waals surface area contributed by atoms with E-state index >= 15 is 0 Å². The summed E-state index contributed by atoms with van der Waals surface area (Å²) in [4.78, 5) is 35.2. The third-order valence-electron chi connectivity index (χ3n) is 5.74. The second-order valence-corrected chi connectivity index (χ2v) is 10.7. The molecule has 0 unspecified atom stereocenters. The van der Waals surface area contributed by atoms with Crippen LogP contribution in [0.25, 0.3) is 0 Å². The van der Waals surface area contributed by atoms with Crippen LogP contribution < -0.4 is 10.6 Å². The largest absolute Gasteiger partial charge is 0.381 e. The van der Waals surface area contributed by atoms with Crippen molar-refractivity contribution < 1.29 is 9.59 Å². The van der Waals surface area contributed by atoms with Crippen molar-refractivity contribution in [1.82, 2.24) is 14.9 Å². The van der Waals surface area contributed by atoms with Crippen LogP contribution in [0.2, 0.25) is 0 Å². The van der Waals surface area contributed by atoms with Gasteiger partial charge in [-0.2, -0.15) is 0 Å². The number of likely N-dealkylation sites (tertiary alicyclic amines) is 1. The van der Waals surface area contributed by atoms with Crippen LogP contribution in [0, 0.1) is 0 Å². The maximum atomic E-state index is 13.1. The SMILES string of the molecule is C=C(CNc1ccc(C(=O)N2CCC[C@@H](Nc3ncc(SCc4ccccn4)s3)C2)cc1)C(C)=O. The summed E-state index contributed by atoms with van der Waals surface area (Å²) in [6.07, 6.45) is 5.66. The molecule has 1 aliphatic rings. The molecule has 9 heteroatoms. The van der Waals surface area contributed by atoms with E-state index in [0.717, 1.165) is 45.9 Å². The molecule has 0 aliphatic carbocycles. The number of anilines is 2. The van der Waals surface area contributed by atoms with Crippen LogP contribution in [0.4, 0.5) is 10.8 Å². The number of thiazole rings is 1. The van der Waals surface area contributed by atoms with Gasteiger partial charge in [-0.05, 0) is 56.2 Å². The Bertz CT molecular complexity index is 1160. The van der Waals surface area contributed by atoms with Crippen molar-refractivity contribution in [3.8, 4) is 0 Å². The van der Waals surface area contributed by atoms with Crippen LogP contribution in [0.15, 0.2) is 71.2 Å². The van der Waals surface area contributed by atoms with E-state index in [4.69, 9.17) is 0 Å². The highest BCUT2D eigenvalue weighted by molar-refractivity contribution is 8.00. The van der Waals surface area contributed by atoms with Crippen molar-refractivity contribution in [3.63, 3.8) is 0 Å². The fraction of sp³-hybridized carbons (Fsp3) is 0.308. The number of aromatic nitrogens is 2. The molecule has 0 bridgehead atoms. The van der Waals surface area contributed by atoms with Crippen molar-refractivity contribution in [2.75, 3.05) is 30.3 Å². The molecule has 3 heterocycles. The van der Waals surface area contributed by atoms with Gasteiger partial charge in [-0.3, -0.25) is 14.6 Å². The highest BCUT2D eigenvalue weighted by Gasteiger charge is 2.25. The van der Waals surface area contributed by atoms with Crippen LogP contribution in [-0.4, -0.2) is 52.2 Å². The van der Waals surface area contributed by atoms with Gasteiger partial charge >= 0.3 is 0 Å². The fourth-order valence-corrected chi connectivity index (χ4v) is 5.59. The lowest BCUT2D eigenvalue weighted by molar-refractivity contribution is -0.113. The molecule has 4 rings (SSSR count). The minimum atomic E-state index is -0.0326. The van der Waals surface area contributed by atoms with E-state index < -0.39 is 0 Å². The van der Waals surface area contributed by atoms with Gasteiger partial charge in [0, 0.05) is 54.4 Å². The Morgan fingerprint density at radius 3 is 2.77 bits per heavy atom. The fourth-order valence-electron chi connectivity index (χ4n) is 3.72. The standard InChI is InChI=1S/C26H29N5O2S2/c1-18(19(2)32)14-28-21-10-8-20(9-11-21)25(33)31-13-5-7-22(16-31)30-26-29-15-24(35-26)34-17-23-6-3-4-12-27-23/h3-4,6,8-12,15,22,28H,1,5,7,13-14,16-17H2,2H3,(H,29,30)/t22-/m1/s1. The number of thioether (sulfide) groups is 1. The Kier molecular flexibility index (Phi) is 8.54. The van der Waals surface area contributed by atoms with Crippen molar-refractivity contribution in [3.05, 3.63) is 78.3 Å². The van der Waals surface area contributed by atoms with Gasteiger partial charge in [-0.15, -0.1) is 11.8 Å². The topological polar surface area (TPSA) is 87.2 Å². The van der Waals surface area contributed by atoms with E-state index in [1.165, 1.54) is 6.92 Å². The van der Waals surface area contributed by atoms with Gasteiger partial charge in [-0.25, -0.2) is 4.98 Å². The number of rotatable bonds is 10. The molecule has 7 nitrogen and oxygen atoms in total. The predicted octanol–water partition coefficient (Wildman–Crippen LogP) is 5.10. The molecule has 1 aliphatic heterocycles. The Morgan fingerprint density at radius 1 is 1.20 bits per heavy atom. The Hall–Kier alpha value is -3.17. The third kappa shape index (κ3) is 7.16. The lowest BCUT2D eigenvalue weighted by Crippen LogP contribution is -2.45. The quantitative estimate of drug-likeness (QED) is 0.291. The number of piperidine rings is 1. The first-order valence-corrected chi connectivity index (χ1v) is 13.3. The molecule has 0 saturated carbocycles. The van der Waals surface area contributed by atoms with Gasteiger partial charge in [0.2, 0.25) is 0 Å². The monoisotopic (exact) mass is 507 g/mol. The van der Waals surface area contributed by atoms with Gasteiger partial charge in [0.1, 0.15) is 0 Å². The maximum Gasteiger partial charge on any atom is 0.253 e. The summed E-state index contributed by atoms with van der Waals surface area (Å²) < 4.78 is 1.14. The van der Waals surface area contributed by atoms with E-state index in [9.17, 15) is 9.59 Å². The zero-order chi connectivity index (χ0) is 24.6. The molecule has 1 fully saturated rings. The van der Waals surface area contributed by atoms with Crippen molar-refractivity contribution in [2.24, 2.45) is 0 Å². The normalized spacial score (nSPS) is 15.5. The van der Waals surface area contributed by atoms with Crippen molar-refractivity contribution in [1.29, 1.82) is 0 Å². The first-order valence-electron chi connectivity index (χ1n) is 11.5. The number of nitrogens with zero attached hydrogens (tertiary/aromatic N) is 3. The average molecular weight is 508 g/mol. The van der Waals surface area contributed by atoms with Crippen LogP contribution in [0.1, 0.15) is 35.8 Å². The van der Waals surface area contributed by atoms with Crippen molar-refractivity contribution >= 4 is 45.6 Å². The summed E-state index contributed by atoms with van der Waals surface area (Å²) in [5.41, 5.74) is 3.08. The number of pyridine rings is 1. The highest BCUT2D eigenvalue weighted by atomic mass is 32.2. The average Bonchev–Trinajstić information content (AvgIpc) is 3.33.